The third kappa shape index (κ3) is 2.48. The van der Waals surface area contributed by atoms with Gasteiger partial charge in [-0.1, -0.05) is 17.3 Å². The van der Waals surface area contributed by atoms with Crippen LogP contribution in [0.5, 0.6) is 0 Å². The SMILES string of the molecule is Cc1cccc(N2CCN(c3ncnc4onc(C)c34)C[C@H]2C)c1. The summed E-state index contributed by atoms with van der Waals surface area (Å²) in [6.45, 7) is 9.11. The molecule has 0 radical (unpaired) electrons. The molecule has 2 aromatic heterocycles. The van der Waals surface area contributed by atoms with Crippen molar-refractivity contribution in [1.82, 2.24) is 15.1 Å². The van der Waals surface area contributed by atoms with E-state index in [1.54, 1.807) is 6.33 Å². The van der Waals surface area contributed by atoms with E-state index in [4.69, 9.17) is 4.52 Å². The van der Waals surface area contributed by atoms with Crippen molar-refractivity contribution >= 4 is 22.6 Å². The first-order chi connectivity index (χ1) is 11.6. The van der Waals surface area contributed by atoms with Crippen molar-refractivity contribution in [3.63, 3.8) is 0 Å². The fraction of sp³-hybridized carbons (Fsp3) is 0.389. The Balaban J connectivity index is 1.61. The van der Waals surface area contributed by atoms with Crippen molar-refractivity contribution in [2.45, 2.75) is 26.8 Å². The molecule has 4 rings (SSSR count). The number of hydrogen-bond acceptors (Lipinski definition) is 6. The van der Waals surface area contributed by atoms with Crippen LogP contribution in [0.4, 0.5) is 11.5 Å². The Morgan fingerprint density at radius 3 is 2.83 bits per heavy atom. The van der Waals surface area contributed by atoms with E-state index < -0.39 is 0 Å². The van der Waals surface area contributed by atoms with E-state index in [1.165, 1.54) is 11.3 Å². The molecule has 24 heavy (non-hydrogen) atoms. The molecule has 3 aromatic rings. The highest BCUT2D eigenvalue weighted by molar-refractivity contribution is 5.88. The number of nitrogens with zero attached hydrogens (tertiary/aromatic N) is 5. The molecule has 0 saturated carbocycles. The third-order valence-corrected chi connectivity index (χ3v) is 4.68. The maximum atomic E-state index is 5.27. The Labute approximate surface area is 141 Å². The number of aromatic nitrogens is 3. The van der Waals surface area contributed by atoms with Gasteiger partial charge in [-0.2, -0.15) is 4.98 Å². The van der Waals surface area contributed by atoms with Crippen molar-refractivity contribution in [2.24, 2.45) is 0 Å². The minimum atomic E-state index is 0.394. The molecule has 1 atom stereocenters. The van der Waals surface area contributed by atoms with Crippen molar-refractivity contribution in [2.75, 3.05) is 29.4 Å². The maximum Gasteiger partial charge on any atom is 0.263 e. The lowest BCUT2D eigenvalue weighted by atomic mass is 10.1. The molecule has 1 saturated heterocycles. The van der Waals surface area contributed by atoms with Gasteiger partial charge in [0.05, 0.1) is 5.69 Å². The molecule has 1 fully saturated rings. The number of anilines is 2. The number of piperazine rings is 1. The predicted molar refractivity (Wildman–Crippen MR) is 94.5 cm³/mol. The molecule has 0 spiro atoms. The molecule has 0 bridgehead atoms. The molecule has 0 amide bonds. The first kappa shape index (κ1) is 14.9. The number of rotatable bonds is 2. The van der Waals surface area contributed by atoms with Gasteiger partial charge in [0, 0.05) is 31.4 Å². The second kappa shape index (κ2) is 5.78. The van der Waals surface area contributed by atoms with Gasteiger partial charge in [-0.15, -0.1) is 0 Å². The highest BCUT2D eigenvalue weighted by Crippen LogP contribution is 2.29. The molecule has 1 aliphatic heterocycles. The second-order valence-corrected chi connectivity index (χ2v) is 6.47. The molecule has 6 nitrogen and oxygen atoms in total. The van der Waals surface area contributed by atoms with E-state index in [0.29, 0.717) is 11.8 Å². The van der Waals surface area contributed by atoms with Crippen LogP contribution >= 0.6 is 0 Å². The first-order valence-corrected chi connectivity index (χ1v) is 8.28. The van der Waals surface area contributed by atoms with Crippen LogP contribution in [-0.4, -0.2) is 40.8 Å². The zero-order valence-corrected chi connectivity index (χ0v) is 14.2. The van der Waals surface area contributed by atoms with Crippen LogP contribution in [0.25, 0.3) is 11.1 Å². The van der Waals surface area contributed by atoms with Gasteiger partial charge in [-0.25, -0.2) is 4.98 Å². The van der Waals surface area contributed by atoms with Gasteiger partial charge < -0.3 is 14.3 Å². The summed E-state index contributed by atoms with van der Waals surface area (Å²) < 4.78 is 5.27. The molecule has 3 heterocycles. The van der Waals surface area contributed by atoms with E-state index in [1.807, 2.05) is 6.92 Å². The molecule has 0 unspecified atom stereocenters. The van der Waals surface area contributed by atoms with Gasteiger partial charge in [0.1, 0.15) is 17.5 Å². The van der Waals surface area contributed by atoms with E-state index in [0.717, 1.165) is 36.5 Å². The predicted octanol–water partition coefficient (Wildman–Crippen LogP) is 2.95. The monoisotopic (exact) mass is 323 g/mol. The van der Waals surface area contributed by atoms with Crippen LogP contribution < -0.4 is 9.80 Å². The number of fused-ring (bicyclic) bond motifs is 1. The third-order valence-electron chi connectivity index (χ3n) is 4.68. The van der Waals surface area contributed by atoms with Gasteiger partial charge in [0.2, 0.25) is 0 Å². The zero-order valence-electron chi connectivity index (χ0n) is 14.2. The number of aryl methyl sites for hydroxylation is 2. The Morgan fingerprint density at radius 2 is 2.04 bits per heavy atom. The summed E-state index contributed by atoms with van der Waals surface area (Å²) in [6.07, 6.45) is 1.56. The Bertz CT molecular complexity index is 875. The van der Waals surface area contributed by atoms with Gasteiger partial charge in [0.15, 0.2) is 0 Å². The normalized spacial score (nSPS) is 18.4. The van der Waals surface area contributed by atoms with Crippen molar-refractivity contribution in [1.29, 1.82) is 0 Å². The number of benzene rings is 1. The van der Waals surface area contributed by atoms with E-state index in [9.17, 15) is 0 Å². The van der Waals surface area contributed by atoms with Crippen LogP contribution in [-0.2, 0) is 0 Å². The maximum absolute atomic E-state index is 5.27. The minimum absolute atomic E-state index is 0.394. The molecule has 6 heteroatoms. The molecule has 0 aliphatic carbocycles. The van der Waals surface area contributed by atoms with Crippen LogP contribution in [0.15, 0.2) is 35.1 Å². The standard InChI is InChI=1S/C18H21N5O/c1-12-5-4-6-15(9-12)23-8-7-22(10-13(23)2)17-16-14(3)21-24-18(16)20-11-19-17/h4-6,9,11,13H,7-8,10H2,1-3H3/t13-/m1/s1. The largest absolute Gasteiger partial charge is 0.365 e. The smallest absolute Gasteiger partial charge is 0.263 e. The zero-order chi connectivity index (χ0) is 16.7. The lowest BCUT2D eigenvalue weighted by Crippen LogP contribution is -2.52. The van der Waals surface area contributed by atoms with Crippen LogP contribution in [0.1, 0.15) is 18.2 Å². The topological polar surface area (TPSA) is 58.3 Å². The van der Waals surface area contributed by atoms with Gasteiger partial charge >= 0.3 is 0 Å². The van der Waals surface area contributed by atoms with Crippen molar-refractivity contribution < 1.29 is 4.52 Å². The first-order valence-electron chi connectivity index (χ1n) is 8.28. The summed E-state index contributed by atoms with van der Waals surface area (Å²) in [4.78, 5) is 13.4. The summed E-state index contributed by atoms with van der Waals surface area (Å²) in [5.41, 5.74) is 3.98. The highest BCUT2D eigenvalue weighted by atomic mass is 16.5. The number of hydrogen-bond donors (Lipinski definition) is 0. The van der Waals surface area contributed by atoms with Gasteiger partial charge in [0.25, 0.3) is 5.71 Å². The average molecular weight is 323 g/mol. The highest BCUT2D eigenvalue weighted by Gasteiger charge is 2.27. The molecule has 1 aliphatic rings. The quantitative estimate of drug-likeness (QED) is 0.723. The molecular weight excluding hydrogens is 302 g/mol. The van der Waals surface area contributed by atoms with Crippen LogP contribution in [0.3, 0.4) is 0 Å². The lowest BCUT2D eigenvalue weighted by Gasteiger charge is -2.42. The van der Waals surface area contributed by atoms with Crippen molar-refractivity contribution in [3.05, 3.63) is 41.9 Å². The average Bonchev–Trinajstić information content (AvgIpc) is 2.96. The summed E-state index contributed by atoms with van der Waals surface area (Å²) in [5.74, 6) is 0.925. The Hall–Kier alpha value is -2.63. The molecular formula is C18H21N5O. The van der Waals surface area contributed by atoms with Crippen LogP contribution in [0.2, 0.25) is 0 Å². The fourth-order valence-electron chi connectivity index (χ4n) is 3.48. The van der Waals surface area contributed by atoms with Crippen LogP contribution in [0, 0.1) is 13.8 Å². The molecule has 1 aromatic carbocycles. The molecule has 0 N–H and O–H groups in total. The Morgan fingerprint density at radius 1 is 1.17 bits per heavy atom. The molecule has 124 valence electrons. The lowest BCUT2D eigenvalue weighted by molar-refractivity contribution is 0.442. The van der Waals surface area contributed by atoms with E-state index in [2.05, 4.69) is 63.0 Å². The summed E-state index contributed by atoms with van der Waals surface area (Å²) >= 11 is 0. The minimum Gasteiger partial charge on any atom is -0.365 e. The summed E-state index contributed by atoms with van der Waals surface area (Å²) in [5, 5.41) is 4.95. The Kier molecular flexibility index (Phi) is 3.59. The van der Waals surface area contributed by atoms with Crippen molar-refractivity contribution in [3.8, 4) is 0 Å². The van der Waals surface area contributed by atoms with Gasteiger partial charge in [-0.3, -0.25) is 0 Å². The summed E-state index contributed by atoms with van der Waals surface area (Å²) in [7, 11) is 0. The fourth-order valence-corrected chi connectivity index (χ4v) is 3.48. The second-order valence-electron chi connectivity index (χ2n) is 6.47. The summed E-state index contributed by atoms with van der Waals surface area (Å²) in [6, 6.07) is 9.09. The van der Waals surface area contributed by atoms with E-state index >= 15 is 0 Å². The van der Waals surface area contributed by atoms with E-state index in [-0.39, 0.29) is 0 Å². The van der Waals surface area contributed by atoms with Gasteiger partial charge in [-0.05, 0) is 38.5 Å².